The van der Waals surface area contributed by atoms with Gasteiger partial charge in [-0.05, 0) is 13.0 Å². The Morgan fingerprint density at radius 2 is 2.33 bits per heavy atom. The summed E-state index contributed by atoms with van der Waals surface area (Å²) in [6.07, 6.45) is 3.59. The largest absolute Gasteiger partial charge is 0.383 e. The van der Waals surface area contributed by atoms with Gasteiger partial charge in [0.2, 0.25) is 0 Å². The van der Waals surface area contributed by atoms with Crippen LogP contribution in [-0.4, -0.2) is 47.9 Å². The van der Waals surface area contributed by atoms with Crippen molar-refractivity contribution in [1.82, 2.24) is 14.6 Å². The zero-order chi connectivity index (χ0) is 13.1. The summed E-state index contributed by atoms with van der Waals surface area (Å²) >= 11 is 0. The smallest absolute Gasteiger partial charge is 0.154 e. The molecule has 1 unspecified atom stereocenters. The average Bonchev–Trinajstić information content (AvgIpc) is 2.68. The van der Waals surface area contributed by atoms with Gasteiger partial charge in [-0.25, -0.2) is 9.50 Å². The van der Waals surface area contributed by atoms with E-state index >= 15 is 0 Å². The molecule has 2 heterocycles. The number of anilines is 1. The zero-order valence-electron chi connectivity index (χ0n) is 11.0. The highest BCUT2D eigenvalue weighted by Crippen LogP contribution is 2.18. The van der Waals surface area contributed by atoms with Crippen molar-refractivity contribution >= 4 is 11.3 Å². The monoisotopic (exact) mass is 249 g/mol. The van der Waals surface area contributed by atoms with E-state index < -0.39 is 0 Å². The lowest BCUT2D eigenvalue weighted by Crippen LogP contribution is -2.38. The summed E-state index contributed by atoms with van der Waals surface area (Å²) in [6, 6.07) is 1.98. The summed E-state index contributed by atoms with van der Waals surface area (Å²) in [4.78, 5) is 6.43. The van der Waals surface area contributed by atoms with E-state index in [0.717, 1.165) is 17.0 Å². The van der Waals surface area contributed by atoms with Gasteiger partial charge in [0, 0.05) is 39.1 Å². The van der Waals surface area contributed by atoms with E-state index in [9.17, 15) is 0 Å². The molecule has 2 aromatic heterocycles. The van der Waals surface area contributed by atoms with Crippen LogP contribution in [-0.2, 0) is 4.74 Å². The summed E-state index contributed by atoms with van der Waals surface area (Å²) in [6.45, 7) is 3.18. The van der Waals surface area contributed by atoms with Gasteiger partial charge in [0.05, 0.1) is 12.3 Å². The fraction of sp³-hybridized carbons (Fsp3) is 0.500. The lowest BCUT2D eigenvalue weighted by Gasteiger charge is -2.22. The van der Waals surface area contributed by atoms with Crippen molar-refractivity contribution in [3.63, 3.8) is 0 Å². The van der Waals surface area contributed by atoms with Gasteiger partial charge in [-0.1, -0.05) is 0 Å². The molecule has 0 aliphatic heterocycles. The number of rotatable bonds is 5. The Balaban J connectivity index is 2.24. The second kappa shape index (κ2) is 5.32. The van der Waals surface area contributed by atoms with E-state index in [4.69, 9.17) is 10.5 Å². The molecule has 0 saturated carbocycles. The van der Waals surface area contributed by atoms with Crippen molar-refractivity contribution in [3.05, 3.63) is 24.2 Å². The molecule has 18 heavy (non-hydrogen) atoms. The quantitative estimate of drug-likeness (QED) is 0.833. The minimum atomic E-state index is -0.0360. The van der Waals surface area contributed by atoms with Crippen LogP contribution >= 0.6 is 0 Å². The van der Waals surface area contributed by atoms with Gasteiger partial charge < -0.3 is 15.4 Å². The normalized spacial score (nSPS) is 12.9. The first-order valence-corrected chi connectivity index (χ1v) is 5.88. The topological polar surface area (TPSA) is 68.7 Å². The molecular weight excluding hydrogens is 230 g/mol. The number of aryl methyl sites for hydroxylation is 1. The SMILES string of the molecule is COCC(N)CN(C)c1nccn2nc(C)cc12. The molecule has 0 fully saturated rings. The van der Waals surface area contributed by atoms with Crippen molar-refractivity contribution in [2.75, 3.05) is 32.2 Å². The molecule has 0 saturated heterocycles. The van der Waals surface area contributed by atoms with E-state index in [1.807, 2.05) is 35.6 Å². The van der Waals surface area contributed by atoms with Gasteiger partial charge in [0.1, 0.15) is 5.52 Å². The first kappa shape index (κ1) is 12.8. The Bertz CT molecular complexity index is 524. The van der Waals surface area contributed by atoms with Crippen LogP contribution in [0.15, 0.2) is 18.5 Å². The number of aromatic nitrogens is 3. The van der Waals surface area contributed by atoms with E-state index in [0.29, 0.717) is 13.2 Å². The molecule has 6 heteroatoms. The molecular formula is C12H19N5O. The molecule has 0 radical (unpaired) electrons. The lowest BCUT2D eigenvalue weighted by atomic mass is 10.3. The maximum atomic E-state index is 5.95. The van der Waals surface area contributed by atoms with Crippen LogP contribution < -0.4 is 10.6 Å². The second-order valence-corrected chi connectivity index (χ2v) is 4.46. The van der Waals surface area contributed by atoms with Crippen LogP contribution in [0.5, 0.6) is 0 Å². The predicted molar refractivity (Wildman–Crippen MR) is 70.8 cm³/mol. The van der Waals surface area contributed by atoms with E-state index in [1.54, 1.807) is 13.3 Å². The molecule has 0 amide bonds. The molecule has 0 aliphatic carbocycles. The number of hydrogen-bond acceptors (Lipinski definition) is 5. The fourth-order valence-corrected chi connectivity index (χ4v) is 2.03. The highest BCUT2D eigenvalue weighted by molar-refractivity contribution is 5.68. The molecule has 2 aromatic rings. The summed E-state index contributed by atoms with van der Waals surface area (Å²) in [5.41, 5.74) is 7.91. The van der Waals surface area contributed by atoms with Crippen molar-refractivity contribution < 1.29 is 4.74 Å². The minimum absolute atomic E-state index is 0.0360. The number of fused-ring (bicyclic) bond motifs is 1. The minimum Gasteiger partial charge on any atom is -0.383 e. The molecule has 2 rings (SSSR count). The van der Waals surface area contributed by atoms with Crippen LogP contribution in [0.2, 0.25) is 0 Å². The van der Waals surface area contributed by atoms with E-state index in [-0.39, 0.29) is 6.04 Å². The van der Waals surface area contributed by atoms with Crippen molar-refractivity contribution in [2.24, 2.45) is 5.73 Å². The fourth-order valence-electron chi connectivity index (χ4n) is 2.03. The number of nitrogens with zero attached hydrogens (tertiary/aromatic N) is 4. The van der Waals surface area contributed by atoms with Gasteiger partial charge >= 0.3 is 0 Å². The first-order valence-electron chi connectivity index (χ1n) is 5.88. The number of ether oxygens (including phenoxy) is 1. The van der Waals surface area contributed by atoms with Gasteiger partial charge in [0.25, 0.3) is 0 Å². The maximum absolute atomic E-state index is 5.95. The molecule has 6 nitrogen and oxygen atoms in total. The van der Waals surface area contributed by atoms with Crippen molar-refractivity contribution in [1.29, 1.82) is 0 Å². The molecule has 2 N–H and O–H groups in total. The van der Waals surface area contributed by atoms with Crippen LogP contribution in [0.1, 0.15) is 5.69 Å². The average molecular weight is 249 g/mol. The Morgan fingerprint density at radius 3 is 3.06 bits per heavy atom. The molecule has 0 aromatic carbocycles. The maximum Gasteiger partial charge on any atom is 0.154 e. The van der Waals surface area contributed by atoms with Crippen LogP contribution in [0, 0.1) is 6.92 Å². The number of likely N-dealkylation sites (N-methyl/N-ethyl adjacent to an activating group) is 1. The molecule has 1 atom stereocenters. The second-order valence-electron chi connectivity index (χ2n) is 4.46. The summed E-state index contributed by atoms with van der Waals surface area (Å²) in [5, 5.41) is 4.37. The van der Waals surface area contributed by atoms with Crippen LogP contribution in [0.25, 0.3) is 5.52 Å². The zero-order valence-corrected chi connectivity index (χ0v) is 11.0. The summed E-state index contributed by atoms with van der Waals surface area (Å²) in [7, 11) is 3.62. The van der Waals surface area contributed by atoms with E-state index in [2.05, 4.69) is 10.1 Å². The molecule has 0 aliphatic rings. The van der Waals surface area contributed by atoms with Gasteiger partial charge in [0.15, 0.2) is 5.82 Å². The number of nitrogens with two attached hydrogens (primary N) is 1. The number of methoxy groups -OCH3 is 1. The molecule has 98 valence electrons. The van der Waals surface area contributed by atoms with E-state index in [1.165, 1.54) is 0 Å². The third kappa shape index (κ3) is 2.60. The summed E-state index contributed by atoms with van der Waals surface area (Å²) < 4.78 is 6.87. The summed E-state index contributed by atoms with van der Waals surface area (Å²) in [5.74, 6) is 0.879. The Hall–Kier alpha value is -1.66. The van der Waals surface area contributed by atoms with Crippen molar-refractivity contribution in [3.8, 4) is 0 Å². The Kier molecular flexibility index (Phi) is 3.78. The lowest BCUT2D eigenvalue weighted by molar-refractivity contribution is 0.181. The molecule has 0 spiro atoms. The van der Waals surface area contributed by atoms with Gasteiger partial charge in [-0.3, -0.25) is 0 Å². The highest BCUT2D eigenvalue weighted by Gasteiger charge is 2.12. The Morgan fingerprint density at radius 1 is 1.56 bits per heavy atom. The third-order valence-corrected chi connectivity index (χ3v) is 2.74. The van der Waals surface area contributed by atoms with Crippen LogP contribution in [0.3, 0.4) is 0 Å². The van der Waals surface area contributed by atoms with Gasteiger partial charge in [-0.15, -0.1) is 0 Å². The highest BCUT2D eigenvalue weighted by atomic mass is 16.5. The first-order chi connectivity index (χ1) is 8.61. The standard InChI is InChI=1S/C12H19N5O/c1-9-6-11-12(14-4-5-17(11)15-9)16(2)7-10(13)8-18-3/h4-6,10H,7-8,13H2,1-3H3. The number of hydrogen-bond donors (Lipinski definition) is 1. The predicted octanol–water partition coefficient (Wildman–Crippen LogP) is 0.448. The van der Waals surface area contributed by atoms with Crippen LogP contribution in [0.4, 0.5) is 5.82 Å². The molecule has 0 bridgehead atoms. The van der Waals surface area contributed by atoms with Crippen molar-refractivity contribution in [2.45, 2.75) is 13.0 Å². The van der Waals surface area contributed by atoms with Gasteiger partial charge in [-0.2, -0.15) is 5.10 Å². The third-order valence-electron chi connectivity index (χ3n) is 2.74. The Labute approximate surface area is 106 Å².